The van der Waals surface area contributed by atoms with Gasteiger partial charge < -0.3 is 9.72 Å². The summed E-state index contributed by atoms with van der Waals surface area (Å²) in [6.45, 7) is 4.30. The first kappa shape index (κ1) is 11.7. The van der Waals surface area contributed by atoms with Crippen molar-refractivity contribution in [2.24, 2.45) is 0 Å². The Morgan fingerprint density at radius 1 is 1.41 bits per heavy atom. The van der Waals surface area contributed by atoms with E-state index in [1.165, 1.54) is 5.39 Å². The van der Waals surface area contributed by atoms with Gasteiger partial charge in [0.1, 0.15) is 0 Å². The van der Waals surface area contributed by atoms with Crippen molar-refractivity contribution in [3.05, 3.63) is 36.0 Å². The van der Waals surface area contributed by atoms with Gasteiger partial charge in [-0.3, -0.25) is 4.79 Å². The number of hydrogen-bond donors (Lipinski definition) is 1. The largest absolute Gasteiger partial charge is 0.466 e. The van der Waals surface area contributed by atoms with Crippen molar-refractivity contribution in [2.75, 3.05) is 6.61 Å². The third kappa shape index (κ3) is 2.67. The van der Waals surface area contributed by atoms with Gasteiger partial charge in [-0.05, 0) is 24.4 Å². The van der Waals surface area contributed by atoms with E-state index in [0.29, 0.717) is 13.0 Å². The van der Waals surface area contributed by atoms with Gasteiger partial charge in [-0.1, -0.05) is 25.1 Å². The third-order valence-electron chi connectivity index (χ3n) is 2.86. The lowest BCUT2D eigenvalue weighted by Crippen LogP contribution is -2.08. The van der Waals surface area contributed by atoms with Crippen molar-refractivity contribution >= 4 is 16.9 Å². The number of carbonyl (C=O) groups is 1. The average Bonchev–Trinajstić information content (AvgIpc) is 2.72. The molecule has 90 valence electrons. The van der Waals surface area contributed by atoms with Crippen molar-refractivity contribution in [3.63, 3.8) is 0 Å². The highest BCUT2D eigenvalue weighted by Crippen LogP contribution is 2.23. The molecule has 0 spiro atoms. The SMILES string of the molecule is CCOC(=O)C[C@@H](C)c1cc2ccccc2[nH]1. The second-order valence-electron chi connectivity index (χ2n) is 4.22. The quantitative estimate of drug-likeness (QED) is 0.821. The van der Waals surface area contributed by atoms with Gasteiger partial charge in [0.2, 0.25) is 0 Å². The van der Waals surface area contributed by atoms with Gasteiger partial charge in [0.05, 0.1) is 13.0 Å². The number of aromatic nitrogens is 1. The molecule has 0 bridgehead atoms. The van der Waals surface area contributed by atoms with E-state index < -0.39 is 0 Å². The van der Waals surface area contributed by atoms with Crippen LogP contribution in [0.25, 0.3) is 10.9 Å². The number of rotatable bonds is 4. The number of ether oxygens (including phenoxy) is 1. The number of fused-ring (bicyclic) bond motifs is 1. The highest BCUT2D eigenvalue weighted by Gasteiger charge is 2.13. The topological polar surface area (TPSA) is 42.1 Å². The van der Waals surface area contributed by atoms with Crippen LogP contribution in [0.3, 0.4) is 0 Å². The highest BCUT2D eigenvalue weighted by atomic mass is 16.5. The molecule has 2 aromatic rings. The summed E-state index contributed by atoms with van der Waals surface area (Å²) in [4.78, 5) is 14.7. The van der Waals surface area contributed by atoms with E-state index in [9.17, 15) is 4.79 Å². The second-order valence-corrected chi connectivity index (χ2v) is 4.22. The maximum Gasteiger partial charge on any atom is 0.306 e. The summed E-state index contributed by atoms with van der Waals surface area (Å²) in [6.07, 6.45) is 0.417. The molecule has 1 aromatic carbocycles. The standard InChI is InChI=1S/C14H17NO2/c1-3-17-14(16)8-10(2)13-9-11-6-4-5-7-12(11)15-13/h4-7,9-10,15H,3,8H2,1-2H3/t10-/m1/s1. The molecule has 17 heavy (non-hydrogen) atoms. The Morgan fingerprint density at radius 3 is 2.88 bits per heavy atom. The molecule has 0 aliphatic rings. The Balaban J connectivity index is 2.13. The molecule has 0 fully saturated rings. The molecular formula is C14H17NO2. The van der Waals surface area contributed by atoms with Crippen molar-refractivity contribution in [3.8, 4) is 0 Å². The molecule has 0 radical (unpaired) electrons. The molecule has 1 N–H and O–H groups in total. The molecule has 0 amide bonds. The van der Waals surface area contributed by atoms with E-state index in [-0.39, 0.29) is 11.9 Å². The molecule has 3 heteroatoms. The summed E-state index contributed by atoms with van der Waals surface area (Å²) in [6, 6.07) is 10.2. The highest BCUT2D eigenvalue weighted by molar-refractivity contribution is 5.80. The van der Waals surface area contributed by atoms with Gasteiger partial charge in [0.25, 0.3) is 0 Å². The van der Waals surface area contributed by atoms with Crippen molar-refractivity contribution in [2.45, 2.75) is 26.2 Å². The minimum absolute atomic E-state index is 0.140. The normalized spacial score (nSPS) is 12.6. The number of esters is 1. The molecule has 3 nitrogen and oxygen atoms in total. The zero-order valence-electron chi connectivity index (χ0n) is 10.2. The van der Waals surface area contributed by atoms with Crippen LogP contribution in [0.1, 0.15) is 31.9 Å². The number of H-pyrrole nitrogens is 1. The maximum absolute atomic E-state index is 11.4. The van der Waals surface area contributed by atoms with Crippen LogP contribution >= 0.6 is 0 Å². The predicted octanol–water partition coefficient (Wildman–Crippen LogP) is 3.22. The molecule has 1 atom stereocenters. The van der Waals surface area contributed by atoms with Gasteiger partial charge in [-0.25, -0.2) is 0 Å². The zero-order valence-corrected chi connectivity index (χ0v) is 10.2. The fourth-order valence-corrected chi connectivity index (χ4v) is 1.94. The Labute approximate surface area is 101 Å². The minimum Gasteiger partial charge on any atom is -0.466 e. The molecule has 2 rings (SSSR count). The third-order valence-corrected chi connectivity index (χ3v) is 2.86. The molecule has 0 aliphatic heterocycles. The Hall–Kier alpha value is -1.77. The van der Waals surface area contributed by atoms with Crippen LogP contribution in [0, 0.1) is 0 Å². The van der Waals surface area contributed by atoms with E-state index >= 15 is 0 Å². The molecule has 0 saturated carbocycles. The van der Waals surface area contributed by atoms with Crippen molar-refractivity contribution < 1.29 is 9.53 Å². The lowest BCUT2D eigenvalue weighted by Gasteiger charge is -2.08. The van der Waals surface area contributed by atoms with Crippen LogP contribution in [-0.4, -0.2) is 17.6 Å². The number of nitrogens with one attached hydrogen (secondary N) is 1. The van der Waals surface area contributed by atoms with Crippen LogP contribution in [-0.2, 0) is 9.53 Å². The smallest absolute Gasteiger partial charge is 0.306 e. The Morgan fingerprint density at radius 2 is 2.18 bits per heavy atom. The number of aromatic amines is 1. The number of para-hydroxylation sites is 1. The van der Waals surface area contributed by atoms with Gasteiger partial charge >= 0.3 is 5.97 Å². The first-order chi connectivity index (χ1) is 8.20. The summed E-state index contributed by atoms with van der Waals surface area (Å²) in [5, 5.41) is 1.18. The zero-order chi connectivity index (χ0) is 12.3. The number of carbonyl (C=O) groups excluding carboxylic acids is 1. The first-order valence-corrected chi connectivity index (χ1v) is 5.94. The van der Waals surface area contributed by atoms with E-state index in [0.717, 1.165) is 11.2 Å². The molecule has 1 heterocycles. The van der Waals surface area contributed by atoms with Gasteiger partial charge in [-0.15, -0.1) is 0 Å². The lowest BCUT2D eigenvalue weighted by atomic mass is 10.0. The fourth-order valence-electron chi connectivity index (χ4n) is 1.94. The number of benzene rings is 1. The molecule has 0 unspecified atom stereocenters. The Kier molecular flexibility index (Phi) is 3.47. The van der Waals surface area contributed by atoms with Crippen LogP contribution < -0.4 is 0 Å². The summed E-state index contributed by atoms with van der Waals surface area (Å²) < 4.78 is 4.96. The summed E-state index contributed by atoms with van der Waals surface area (Å²) in [7, 11) is 0. The minimum atomic E-state index is -0.140. The van der Waals surface area contributed by atoms with E-state index in [1.54, 1.807) is 0 Å². The molecule has 1 aromatic heterocycles. The lowest BCUT2D eigenvalue weighted by molar-refractivity contribution is -0.143. The first-order valence-electron chi connectivity index (χ1n) is 5.94. The van der Waals surface area contributed by atoms with Crippen LogP contribution in [0.5, 0.6) is 0 Å². The van der Waals surface area contributed by atoms with Crippen molar-refractivity contribution in [1.29, 1.82) is 0 Å². The van der Waals surface area contributed by atoms with Crippen LogP contribution in [0.15, 0.2) is 30.3 Å². The summed E-state index contributed by atoms with van der Waals surface area (Å²) in [5.74, 6) is 0.0140. The van der Waals surface area contributed by atoms with E-state index in [2.05, 4.69) is 17.1 Å². The monoisotopic (exact) mass is 231 g/mol. The van der Waals surface area contributed by atoms with Gasteiger partial charge in [0, 0.05) is 17.1 Å². The second kappa shape index (κ2) is 5.04. The van der Waals surface area contributed by atoms with Crippen LogP contribution in [0.2, 0.25) is 0 Å². The molecule has 0 aliphatic carbocycles. The van der Waals surface area contributed by atoms with Crippen molar-refractivity contribution in [1.82, 2.24) is 4.98 Å². The maximum atomic E-state index is 11.4. The van der Waals surface area contributed by atoms with Gasteiger partial charge in [0.15, 0.2) is 0 Å². The average molecular weight is 231 g/mol. The molecule has 0 saturated heterocycles. The van der Waals surface area contributed by atoms with Gasteiger partial charge in [-0.2, -0.15) is 0 Å². The number of hydrogen-bond acceptors (Lipinski definition) is 2. The molecular weight excluding hydrogens is 214 g/mol. The van der Waals surface area contributed by atoms with E-state index in [4.69, 9.17) is 4.74 Å². The van der Waals surface area contributed by atoms with E-state index in [1.807, 2.05) is 32.0 Å². The summed E-state index contributed by atoms with van der Waals surface area (Å²) >= 11 is 0. The summed E-state index contributed by atoms with van der Waals surface area (Å²) in [5.41, 5.74) is 2.19. The predicted molar refractivity (Wildman–Crippen MR) is 68.0 cm³/mol. The van der Waals surface area contributed by atoms with Crippen LogP contribution in [0.4, 0.5) is 0 Å². The Bertz CT molecular complexity index is 483. The fraction of sp³-hybridized carbons (Fsp3) is 0.357.